The molecule has 0 spiro atoms. The molecular weight excluding hydrogens is 389 g/mol. The summed E-state index contributed by atoms with van der Waals surface area (Å²) >= 11 is 0. The van der Waals surface area contributed by atoms with Gasteiger partial charge in [-0.15, -0.1) is 0 Å². The molecule has 9 atom stereocenters. The second kappa shape index (κ2) is 7.64. The zero-order valence-electron chi connectivity index (χ0n) is 19.0. The molecule has 4 unspecified atom stereocenters. The number of rotatable bonds is 4. The molecule has 4 rings (SSSR count). The summed E-state index contributed by atoms with van der Waals surface area (Å²) in [6, 6.07) is 0. The summed E-state index contributed by atoms with van der Waals surface area (Å²) in [5.41, 5.74) is 0.106. The second-order valence-corrected chi connectivity index (χ2v) is 12.2. The van der Waals surface area contributed by atoms with Crippen LogP contribution in [0.5, 0.6) is 0 Å². The SMILES string of the molecule is C[C@]1(O)CC[C@]2(C)C3CC[C@@]4(C)C(CC[C@@H]4CCCC(O)C(F)(F)F)C3CC[C@H]2C1. The normalized spacial score (nSPS) is 49.8. The highest BCUT2D eigenvalue weighted by Crippen LogP contribution is 2.68. The molecule has 0 bridgehead atoms. The van der Waals surface area contributed by atoms with Crippen molar-refractivity contribution < 1.29 is 23.4 Å². The van der Waals surface area contributed by atoms with E-state index in [4.69, 9.17) is 0 Å². The van der Waals surface area contributed by atoms with Crippen LogP contribution in [-0.2, 0) is 0 Å². The van der Waals surface area contributed by atoms with Gasteiger partial charge in [-0.1, -0.05) is 20.3 Å². The first-order valence-corrected chi connectivity index (χ1v) is 12.3. The van der Waals surface area contributed by atoms with Gasteiger partial charge in [0, 0.05) is 0 Å². The van der Waals surface area contributed by atoms with Crippen molar-refractivity contribution in [3.8, 4) is 0 Å². The lowest BCUT2D eigenvalue weighted by Crippen LogP contribution is -2.55. The Morgan fingerprint density at radius 2 is 1.60 bits per heavy atom. The van der Waals surface area contributed by atoms with Gasteiger partial charge in [-0.3, -0.25) is 0 Å². The number of aliphatic hydroxyl groups is 2. The molecule has 30 heavy (non-hydrogen) atoms. The highest BCUT2D eigenvalue weighted by Gasteiger charge is 2.60. The van der Waals surface area contributed by atoms with Crippen LogP contribution < -0.4 is 0 Å². The number of hydrogen-bond acceptors (Lipinski definition) is 2. The molecule has 4 saturated carbocycles. The fraction of sp³-hybridized carbons (Fsp3) is 1.00. The topological polar surface area (TPSA) is 40.5 Å². The molecule has 2 N–H and O–H groups in total. The Balaban J connectivity index is 1.42. The summed E-state index contributed by atoms with van der Waals surface area (Å²) in [4.78, 5) is 0. The van der Waals surface area contributed by atoms with Gasteiger partial charge in [-0.2, -0.15) is 13.2 Å². The van der Waals surface area contributed by atoms with Crippen LogP contribution in [0.1, 0.15) is 97.8 Å². The van der Waals surface area contributed by atoms with Crippen molar-refractivity contribution in [3.05, 3.63) is 0 Å². The van der Waals surface area contributed by atoms with Crippen LogP contribution >= 0.6 is 0 Å². The largest absolute Gasteiger partial charge is 0.414 e. The molecule has 0 aromatic carbocycles. The summed E-state index contributed by atoms with van der Waals surface area (Å²) in [5, 5.41) is 20.0. The molecule has 4 aliphatic rings. The second-order valence-electron chi connectivity index (χ2n) is 12.2. The summed E-state index contributed by atoms with van der Waals surface area (Å²) in [5.74, 6) is 3.33. The van der Waals surface area contributed by atoms with E-state index in [0.29, 0.717) is 29.6 Å². The Hall–Kier alpha value is -0.290. The van der Waals surface area contributed by atoms with Crippen LogP contribution in [0.25, 0.3) is 0 Å². The molecule has 0 heterocycles. The van der Waals surface area contributed by atoms with E-state index in [1.54, 1.807) is 0 Å². The van der Waals surface area contributed by atoms with Crippen LogP contribution in [0.4, 0.5) is 13.2 Å². The van der Waals surface area contributed by atoms with Gasteiger partial charge < -0.3 is 10.2 Å². The summed E-state index contributed by atoms with van der Waals surface area (Å²) in [6.45, 7) is 6.93. The lowest BCUT2D eigenvalue weighted by atomic mass is 9.44. The van der Waals surface area contributed by atoms with Gasteiger partial charge in [0.1, 0.15) is 6.10 Å². The van der Waals surface area contributed by atoms with Gasteiger partial charge in [-0.05, 0) is 118 Å². The van der Waals surface area contributed by atoms with Crippen LogP contribution in [0.15, 0.2) is 0 Å². The van der Waals surface area contributed by atoms with Gasteiger partial charge in [-0.25, -0.2) is 0 Å². The Labute approximate surface area is 180 Å². The van der Waals surface area contributed by atoms with E-state index >= 15 is 0 Å². The van der Waals surface area contributed by atoms with Gasteiger partial charge in [0.05, 0.1) is 5.60 Å². The van der Waals surface area contributed by atoms with E-state index in [9.17, 15) is 23.4 Å². The molecule has 5 heteroatoms. The average Bonchev–Trinajstić information content (AvgIpc) is 2.98. The maximum absolute atomic E-state index is 12.6. The molecule has 174 valence electrons. The molecule has 4 fully saturated rings. The molecule has 0 amide bonds. The van der Waals surface area contributed by atoms with Crippen molar-refractivity contribution in [1.82, 2.24) is 0 Å². The summed E-state index contributed by atoms with van der Waals surface area (Å²) in [7, 11) is 0. The minimum atomic E-state index is -4.49. The van der Waals surface area contributed by atoms with Crippen LogP contribution in [0, 0.1) is 40.4 Å². The van der Waals surface area contributed by atoms with Gasteiger partial charge in [0.25, 0.3) is 0 Å². The van der Waals surface area contributed by atoms with Crippen molar-refractivity contribution in [2.75, 3.05) is 0 Å². The lowest BCUT2D eigenvalue weighted by molar-refractivity contribution is -0.205. The molecule has 4 aliphatic carbocycles. The number of halogens is 3. The number of hydrogen-bond donors (Lipinski definition) is 2. The molecule has 0 saturated heterocycles. The first-order chi connectivity index (χ1) is 13.9. The van der Waals surface area contributed by atoms with E-state index < -0.39 is 17.9 Å². The number of aliphatic hydroxyl groups excluding tert-OH is 1. The highest BCUT2D eigenvalue weighted by atomic mass is 19.4. The third kappa shape index (κ3) is 3.84. The van der Waals surface area contributed by atoms with Crippen molar-refractivity contribution in [3.63, 3.8) is 0 Å². The quantitative estimate of drug-likeness (QED) is 0.535. The zero-order valence-corrected chi connectivity index (χ0v) is 19.0. The third-order valence-corrected chi connectivity index (χ3v) is 10.6. The molecule has 0 aromatic rings. The fourth-order valence-corrected chi connectivity index (χ4v) is 8.74. The van der Waals surface area contributed by atoms with Gasteiger partial charge in [0.2, 0.25) is 0 Å². The minimum Gasteiger partial charge on any atom is -0.390 e. The monoisotopic (exact) mass is 430 g/mol. The van der Waals surface area contributed by atoms with E-state index in [1.165, 1.54) is 32.1 Å². The molecule has 0 radical (unpaired) electrons. The Morgan fingerprint density at radius 3 is 2.30 bits per heavy atom. The van der Waals surface area contributed by atoms with Crippen LogP contribution in [0.3, 0.4) is 0 Å². The van der Waals surface area contributed by atoms with Crippen LogP contribution in [0.2, 0.25) is 0 Å². The maximum atomic E-state index is 12.6. The smallest absolute Gasteiger partial charge is 0.390 e. The Kier molecular flexibility index (Phi) is 5.83. The zero-order chi connectivity index (χ0) is 21.9. The maximum Gasteiger partial charge on any atom is 0.414 e. The molecule has 0 aliphatic heterocycles. The van der Waals surface area contributed by atoms with E-state index in [1.807, 2.05) is 6.92 Å². The molecule has 2 nitrogen and oxygen atoms in total. The van der Waals surface area contributed by atoms with E-state index in [-0.39, 0.29) is 11.8 Å². The highest BCUT2D eigenvalue weighted by molar-refractivity contribution is 5.10. The van der Waals surface area contributed by atoms with Gasteiger partial charge in [0.15, 0.2) is 0 Å². The third-order valence-electron chi connectivity index (χ3n) is 10.6. The molecular formula is C25H41F3O2. The minimum absolute atomic E-state index is 0.160. The summed E-state index contributed by atoms with van der Waals surface area (Å²) < 4.78 is 37.9. The van der Waals surface area contributed by atoms with Crippen molar-refractivity contribution in [2.24, 2.45) is 40.4 Å². The first kappa shape index (κ1) is 22.9. The first-order valence-electron chi connectivity index (χ1n) is 12.3. The number of fused-ring (bicyclic) bond motifs is 5. The van der Waals surface area contributed by atoms with E-state index in [2.05, 4.69) is 13.8 Å². The van der Waals surface area contributed by atoms with Crippen molar-refractivity contribution in [2.45, 2.75) is 116 Å². The van der Waals surface area contributed by atoms with Crippen molar-refractivity contribution in [1.29, 1.82) is 0 Å². The predicted molar refractivity (Wildman–Crippen MR) is 112 cm³/mol. The standard InChI is InChI=1S/C25H41F3O2/c1-22(30)13-14-24(3)17(15-22)7-9-18-19-10-8-16(23(19,2)12-11-20(18)24)5-4-6-21(29)25(26,27)28/h16-21,29-30H,4-15H2,1-3H3/t16-,17-,18?,19?,20?,21?,22-,23+,24-/m0/s1. The van der Waals surface area contributed by atoms with Gasteiger partial charge >= 0.3 is 6.18 Å². The van der Waals surface area contributed by atoms with E-state index in [0.717, 1.165) is 43.9 Å². The Bertz CT molecular complexity index is 632. The van der Waals surface area contributed by atoms with Crippen LogP contribution in [-0.4, -0.2) is 28.1 Å². The van der Waals surface area contributed by atoms with Crippen molar-refractivity contribution >= 4 is 0 Å². The Morgan fingerprint density at radius 1 is 0.900 bits per heavy atom. The predicted octanol–water partition coefficient (Wildman–Crippen LogP) is 6.49. The summed E-state index contributed by atoms with van der Waals surface area (Å²) in [6.07, 6.45) is 4.76. The fourth-order valence-electron chi connectivity index (χ4n) is 8.74. The number of alkyl halides is 3. The molecule has 0 aromatic heterocycles. The average molecular weight is 431 g/mol. The lowest BCUT2D eigenvalue weighted by Gasteiger charge is -2.62.